The summed E-state index contributed by atoms with van der Waals surface area (Å²) in [5.41, 5.74) is 1.88. The van der Waals surface area contributed by atoms with Crippen LogP contribution < -0.4 is 25.6 Å². The van der Waals surface area contributed by atoms with Crippen LogP contribution in [0.5, 0.6) is 5.75 Å². The minimum Gasteiger partial charge on any atom is -0.497 e. The van der Waals surface area contributed by atoms with Crippen LogP contribution in [0.25, 0.3) is 0 Å². The zero-order valence-electron chi connectivity index (χ0n) is 16.6. The van der Waals surface area contributed by atoms with Crippen LogP contribution in [0, 0.1) is 0 Å². The maximum Gasteiger partial charge on any atom is 0.319 e. The van der Waals surface area contributed by atoms with Crippen LogP contribution in [0.15, 0.2) is 53.4 Å². The van der Waals surface area contributed by atoms with E-state index in [1.165, 1.54) is 36.9 Å². The molecule has 0 radical (unpaired) electrons. The van der Waals surface area contributed by atoms with Gasteiger partial charge in [-0.3, -0.25) is 10.0 Å². The van der Waals surface area contributed by atoms with Gasteiger partial charge in [0.15, 0.2) is 0 Å². The quantitative estimate of drug-likeness (QED) is 0.204. The second-order valence-electron chi connectivity index (χ2n) is 6.33. The van der Waals surface area contributed by atoms with Crippen LogP contribution in [0.4, 0.5) is 10.5 Å². The fraction of sp³-hybridized carbons (Fsp3) is 0.263. The van der Waals surface area contributed by atoms with Gasteiger partial charge >= 0.3 is 6.03 Å². The van der Waals surface area contributed by atoms with Gasteiger partial charge in [-0.15, -0.1) is 0 Å². The van der Waals surface area contributed by atoms with Crippen LogP contribution in [-0.4, -0.2) is 45.3 Å². The number of amides is 3. The third-order valence-corrected chi connectivity index (χ3v) is 5.99. The molecule has 2 aromatic rings. The molecule has 31 heavy (non-hydrogen) atoms. The number of carbonyl (C=O) groups is 2. The summed E-state index contributed by atoms with van der Waals surface area (Å²) in [7, 11) is -2.58. The smallest absolute Gasteiger partial charge is 0.319 e. The zero-order chi connectivity index (χ0) is 22.9. The first-order chi connectivity index (χ1) is 14.8. The van der Waals surface area contributed by atoms with Gasteiger partial charge in [-0.2, -0.15) is 4.72 Å². The second kappa shape index (κ2) is 11.5. The predicted octanol–water partition coefficient (Wildman–Crippen LogP) is 2.10. The van der Waals surface area contributed by atoms with Crippen LogP contribution in [0.1, 0.15) is 12.8 Å². The molecule has 3 amide bonds. The SMILES string of the molecule is COc1ccc(S(=O)(=O)N[C@@H](CCCNC(=O)Nc2ccccc2Cl)C(=O)NO)cc1. The number of rotatable bonds is 10. The molecule has 0 spiro atoms. The molecular weight excluding hydrogens is 448 g/mol. The van der Waals surface area contributed by atoms with Crippen molar-refractivity contribution in [1.29, 1.82) is 0 Å². The average molecular weight is 471 g/mol. The number of para-hydroxylation sites is 1. The molecule has 0 saturated carbocycles. The van der Waals surface area contributed by atoms with Crippen molar-refractivity contribution in [3.05, 3.63) is 53.6 Å². The second-order valence-corrected chi connectivity index (χ2v) is 8.45. The number of nitrogens with one attached hydrogen (secondary N) is 4. The Hall–Kier alpha value is -2.86. The molecule has 0 aliphatic carbocycles. The number of ether oxygens (including phenoxy) is 1. The highest BCUT2D eigenvalue weighted by molar-refractivity contribution is 7.89. The Morgan fingerprint density at radius 3 is 2.42 bits per heavy atom. The van der Waals surface area contributed by atoms with E-state index in [0.29, 0.717) is 16.5 Å². The number of hydroxylamine groups is 1. The van der Waals surface area contributed by atoms with Gasteiger partial charge in [-0.1, -0.05) is 23.7 Å². The molecular formula is C19H23ClN4O6S. The first-order valence-corrected chi connectivity index (χ1v) is 11.0. The Morgan fingerprint density at radius 2 is 1.81 bits per heavy atom. The molecule has 12 heteroatoms. The number of carbonyl (C=O) groups excluding carboxylic acids is 2. The lowest BCUT2D eigenvalue weighted by atomic mass is 10.1. The number of hydrogen-bond donors (Lipinski definition) is 5. The first kappa shape index (κ1) is 24.4. The van der Waals surface area contributed by atoms with Gasteiger partial charge in [-0.25, -0.2) is 18.7 Å². The standard InChI is InChI=1S/C19H23ClN4O6S/c1-30-13-8-10-14(11-9-13)31(28,29)24-17(18(25)23-27)7-4-12-21-19(26)22-16-6-3-2-5-15(16)20/h2-3,5-6,8-11,17,24,27H,4,7,12H2,1H3,(H,23,25)(H2,21,22,26)/t17-/m0/s1. The molecule has 0 aromatic heterocycles. The summed E-state index contributed by atoms with van der Waals surface area (Å²) in [6.45, 7) is 0.149. The first-order valence-electron chi connectivity index (χ1n) is 9.16. The van der Waals surface area contributed by atoms with E-state index in [1.807, 2.05) is 0 Å². The van der Waals surface area contributed by atoms with Crippen molar-refractivity contribution in [3.8, 4) is 5.75 Å². The van der Waals surface area contributed by atoms with Crippen molar-refractivity contribution in [2.75, 3.05) is 19.0 Å². The maximum atomic E-state index is 12.5. The normalized spacial score (nSPS) is 12.0. The van der Waals surface area contributed by atoms with E-state index < -0.39 is 28.0 Å². The third kappa shape index (κ3) is 7.40. The topological polar surface area (TPSA) is 146 Å². The van der Waals surface area contributed by atoms with Gasteiger partial charge in [0.05, 0.1) is 22.7 Å². The monoisotopic (exact) mass is 470 g/mol. The number of benzene rings is 2. The van der Waals surface area contributed by atoms with Crippen molar-refractivity contribution in [2.24, 2.45) is 0 Å². The summed E-state index contributed by atoms with van der Waals surface area (Å²) in [5.74, 6) is -0.442. The molecule has 2 rings (SSSR count). The Morgan fingerprint density at radius 1 is 1.13 bits per heavy atom. The molecule has 0 fully saturated rings. The number of hydrogen-bond acceptors (Lipinski definition) is 6. The van der Waals surface area contributed by atoms with Gasteiger partial charge < -0.3 is 15.4 Å². The van der Waals surface area contributed by atoms with E-state index in [4.69, 9.17) is 21.5 Å². The Bertz CT molecular complexity index is 1000. The predicted molar refractivity (Wildman–Crippen MR) is 115 cm³/mol. The highest BCUT2D eigenvalue weighted by atomic mass is 35.5. The van der Waals surface area contributed by atoms with E-state index in [1.54, 1.807) is 24.3 Å². The summed E-state index contributed by atoms with van der Waals surface area (Å²) in [6, 6.07) is 10.6. The molecule has 2 aromatic carbocycles. The van der Waals surface area contributed by atoms with Crippen LogP contribution in [0.3, 0.4) is 0 Å². The molecule has 0 saturated heterocycles. The lowest BCUT2D eigenvalue weighted by molar-refractivity contribution is -0.131. The maximum absolute atomic E-state index is 12.5. The number of anilines is 1. The van der Waals surface area contributed by atoms with E-state index in [2.05, 4.69) is 15.4 Å². The molecule has 0 unspecified atom stereocenters. The summed E-state index contributed by atoms with van der Waals surface area (Å²) >= 11 is 5.97. The molecule has 168 valence electrons. The van der Waals surface area contributed by atoms with Gasteiger partial charge in [0.2, 0.25) is 10.0 Å². The number of methoxy groups -OCH3 is 1. The van der Waals surface area contributed by atoms with Crippen LogP contribution in [0.2, 0.25) is 5.02 Å². The summed E-state index contributed by atoms with van der Waals surface area (Å²) in [6.07, 6.45) is 0.271. The van der Waals surface area contributed by atoms with E-state index in [9.17, 15) is 18.0 Å². The highest BCUT2D eigenvalue weighted by Gasteiger charge is 2.25. The number of sulfonamides is 1. The number of halogens is 1. The Labute approximate surface area is 184 Å². The van der Waals surface area contributed by atoms with E-state index in [0.717, 1.165) is 0 Å². The minimum atomic E-state index is -4.03. The molecule has 0 bridgehead atoms. The molecule has 1 atom stereocenters. The summed E-state index contributed by atoms with van der Waals surface area (Å²) < 4.78 is 32.3. The fourth-order valence-electron chi connectivity index (χ4n) is 2.57. The van der Waals surface area contributed by atoms with E-state index >= 15 is 0 Å². The largest absolute Gasteiger partial charge is 0.497 e. The molecule has 0 aliphatic rings. The summed E-state index contributed by atoms with van der Waals surface area (Å²) in [5, 5.41) is 14.5. The Kier molecular flexibility index (Phi) is 9.06. The van der Waals surface area contributed by atoms with Gasteiger partial charge in [0, 0.05) is 6.54 Å². The fourth-order valence-corrected chi connectivity index (χ4v) is 3.98. The molecule has 0 aliphatic heterocycles. The lowest BCUT2D eigenvalue weighted by Crippen LogP contribution is -2.46. The average Bonchev–Trinajstić information content (AvgIpc) is 2.76. The zero-order valence-corrected chi connectivity index (χ0v) is 18.2. The van der Waals surface area contributed by atoms with Crippen molar-refractivity contribution < 1.29 is 28.0 Å². The lowest BCUT2D eigenvalue weighted by Gasteiger charge is -2.17. The number of urea groups is 1. The summed E-state index contributed by atoms with van der Waals surface area (Å²) in [4.78, 5) is 23.8. The Balaban J connectivity index is 1.90. The van der Waals surface area contributed by atoms with Crippen molar-refractivity contribution in [2.45, 2.75) is 23.8 Å². The van der Waals surface area contributed by atoms with Gasteiger partial charge in [0.25, 0.3) is 5.91 Å². The van der Waals surface area contributed by atoms with Crippen molar-refractivity contribution in [1.82, 2.24) is 15.5 Å². The van der Waals surface area contributed by atoms with Gasteiger partial charge in [0.1, 0.15) is 11.8 Å². The van der Waals surface area contributed by atoms with Gasteiger partial charge in [-0.05, 0) is 49.2 Å². The van der Waals surface area contributed by atoms with Crippen molar-refractivity contribution in [3.63, 3.8) is 0 Å². The third-order valence-electron chi connectivity index (χ3n) is 4.17. The highest BCUT2D eigenvalue weighted by Crippen LogP contribution is 2.20. The minimum absolute atomic E-state index is 0.0220. The molecule has 10 nitrogen and oxygen atoms in total. The molecule has 5 N–H and O–H groups in total. The van der Waals surface area contributed by atoms with Crippen LogP contribution in [-0.2, 0) is 14.8 Å². The molecule has 0 heterocycles. The van der Waals surface area contributed by atoms with E-state index in [-0.39, 0.29) is 24.3 Å². The van der Waals surface area contributed by atoms with Crippen LogP contribution >= 0.6 is 11.6 Å². The van der Waals surface area contributed by atoms with Crippen molar-refractivity contribution >= 4 is 39.2 Å².